The highest BCUT2D eigenvalue weighted by molar-refractivity contribution is 6.42. The average molecular weight is 491 g/mol. The fraction of sp³-hybridized carbons (Fsp3) is 0.133. The van der Waals surface area contributed by atoms with E-state index in [-0.39, 0.29) is 22.3 Å². The molecule has 0 saturated heterocycles. The van der Waals surface area contributed by atoms with Gasteiger partial charge in [0.25, 0.3) is 23.6 Å². The minimum absolute atomic E-state index is 0.268. The Hall–Kier alpha value is -4.78. The van der Waals surface area contributed by atoms with E-state index in [2.05, 4.69) is 0 Å². The number of ether oxygens (including phenoxy) is 1. The van der Waals surface area contributed by atoms with Crippen molar-refractivity contribution in [3.63, 3.8) is 0 Å². The Kier molecular flexibility index (Phi) is 4.82. The van der Waals surface area contributed by atoms with Crippen LogP contribution in [0, 0.1) is 20.8 Å². The van der Waals surface area contributed by atoms with Crippen molar-refractivity contribution in [2.75, 3.05) is 16.9 Å². The molecule has 2 aliphatic heterocycles. The van der Waals surface area contributed by atoms with Gasteiger partial charge in [0.05, 0.1) is 18.5 Å². The number of amides is 4. The van der Waals surface area contributed by atoms with Crippen molar-refractivity contribution < 1.29 is 23.9 Å². The van der Waals surface area contributed by atoms with E-state index in [1.54, 1.807) is 61.7 Å². The van der Waals surface area contributed by atoms with E-state index < -0.39 is 23.6 Å². The zero-order valence-corrected chi connectivity index (χ0v) is 20.7. The second-order valence-corrected chi connectivity index (χ2v) is 9.39. The van der Waals surface area contributed by atoms with Crippen molar-refractivity contribution in [2.45, 2.75) is 20.8 Å². The SMILES string of the molecule is COc1ccc(N2C(=O)c3ccc4c5c(ccc(c35)C2=O)C(=O)N(c2ccc(C)c(C)c2)C4=O)cc1C. The van der Waals surface area contributed by atoms with E-state index >= 15 is 0 Å². The summed E-state index contributed by atoms with van der Waals surface area (Å²) in [6, 6.07) is 16.8. The highest BCUT2D eigenvalue weighted by Crippen LogP contribution is 2.40. The number of rotatable bonds is 3. The van der Waals surface area contributed by atoms with Crippen molar-refractivity contribution in [3.8, 4) is 5.75 Å². The fourth-order valence-electron chi connectivity index (χ4n) is 5.21. The Morgan fingerprint density at radius 1 is 0.514 bits per heavy atom. The van der Waals surface area contributed by atoms with Crippen molar-refractivity contribution in [1.82, 2.24) is 0 Å². The summed E-state index contributed by atoms with van der Waals surface area (Å²) in [7, 11) is 1.55. The largest absolute Gasteiger partial charge is 0.496 e. The zero-order valence-electron chi connectivity index (χ0n) is 20.7. The van der Waals surface area contributed by atoms with Crippen molar-refractivity contribution in [1.29, 1.82) is 0 Å². The smallest absolute Gasteiger partial charge is 0.265 e. The van der Waals surface area contributed by atoms with Gasteiger partial charge in [-0.1, -0.05) is 6.07 Å². The van der Waals surface area contributed by atoms with Crippen LogP contribution >= 0.6 is 0 Å². The van der Waals surface area contributed by atoms with Gasteiger partial charge in [0.1, 0.15) is 5.75 Å². The minimum Gasteiger partial charge on any atom is -0.496 e. The lowest BCUT2D eigenvalue weighted by molar-refractivity contribution is 0.0873. The molecule has 2 aliphatic rings. The summed E-state index contributed by atoms with van der Waals surface area (Å²) in [4.78, 5) is 56.7. The monoisotopic (exact) mass is 490 g/mol. The number of benzene rings is 4. The van der Waals surface area contributed by atoms with Gasteiger partial charge in [-0.05, 0) is 92.1 Å². The van der Waals surface area contributed by atoms with Gasteiger partial charge in [0.2, 0.25) is 0 Å². The van der Waals surface area contributed by atoms with Crippen LogP contribution in [0.2, 0.25) is 0 Å². The van der Waals surface area contributed by atoms with Crippen LogP contribution in [0.3, 0.4) is 0 Å². The Labute approximate surface area is 212 Å². The molecule has 0 radical (unpaired) electrons. The van der Waals surface area contributed by atoms with Crippen LogP contribution in [0.1, 0.15) is 58.1 Å². The normalized spacial score (nSPS) is 14.6. The quantitative estimate of drug-likeness (QED) is 0.360. The molecular weight excluding hydrogens is 468 g/mol. The Balaban J connectivity index is 1.52. The molecule has 6 rings (SSSR count). The summed E-state index contributed by atoms with van der Waals surface area (Å²) in [5.41, 5.74) is 4.77. The number of hydrogen-bond donors (Lipinski definition) is 0. The summed E-state index contributed by atoms with van der Waals surface area (Å²) in [6.07, 6.45) is 0. The maximum atomic E-state index is 13.6. The average Bonchev–Trinajstić information content (AvgIpc) is 2.88. The molecule has 0 atom stereocenters. The number of imide groups is 2. The molecule has 0 unspecified atom stereocenters. The summed E-state index contributed by atoms with van der Waals surface area (Å²) in [5, 5.41) is 0.685. The lowest BCUT2D eigenvalue weighted by Gasteiger charge is -2.32. The highest BCUT2D eigenvalue weighted by Gasteiger charge is 2.40. The lowest BCUT2D eigenvalue weighted by Crippen LogP contribution is -2.43. The Bertz CT molecular complexity index is 1670. The molecule has 4 aromatic carbocycles. The molecule has 37 heavy (non-hydrogen) atoms. The molecule has 7 nitrogen and oxygen atoms in total. The van der Waals surface area contributed by atoms with E-state index in [0.717, 1.165) is 26.5 Å². The zero-order chi connectivity index (χ0) is 26.2. The molecule has 0 spiro atoms. The first-order valence-electron chi connectivity index (χ1n) is 11.8. The summed E-state index contributed by atoms with van der Waals surface area (Å²) in [6.45, 7) is 5.71. The van der Waals surface area contributed by atoms with Gasteiger partial charge in [0.15, 0.2) is 0 Å². The Morgan fingerprint density at radius 3 is 1.30 bits per heavy atom. The minimum atomic E-state index is -0.512. The van der Waals surface area contributed by atoms with Gasteiger partial charge < -0.3 is 4.74 Å². The number of nitrogens with zero attached hydrogens (tertiary/aromatic N) is 2. The second kappa shape index (κ2) is 7.86. The molecule has 2 heterocycles. The predicted molar refractivity (Wildman–Crippen MR) is 140 cm³/mol. The van der Waals surface area contributed by atoms with Crippen LogP contribution in [-0.2, 0) is 0 Å². The fourth-order valence-corrected chi connectivity index (χ4v) is 5.21. The van der Waals surface area contributed by atoms with E-state index in [1.165, 1.54) is 0 Å². The summed E-state index contributed by atoms with van der Waals surface area (Å²) >= 11 is 0. The predicted octanol–water partition coefficient (Wildman–Crippen LogP) is 5.37. The third kappa shape index (κ3) is 3.07. The molecule has 4 amide bonds. The van der Waals surface area contributed by atoms with Gasteiger partial charge in [0, 0.05) is 33.0 Å². The van der Waals surface area contributed by atoms with Gasteiger partial charge in [-0.2, -0.15) is 0 Å². The van der Waals surface area contributed by atoms with E-state index in [0.29, 0.717) is 27.9 Å². The van der Waals surface area contributed by atoms with Crippen molar-refractivity contribution >= 4 is 45.8 Å². The van der Waals surface area contributed by atoms with Crippen LogP contribution in [0.4, 0.5) is 11.4 Å². The number of aryl methyl sites for hydroxylation is 3. The van der Waals surface area contributed by atoms with Gasteiger partial charge in [-0.25, -0.2) is 9.80 Å². The van der Waals surface area contributed by atoms with Crippen LogP contribution < -0.4 is 14.5 Å². The number of methoxy groups -OCH3 is 1. The molecule has 0 fully saturated rings. The number of anilines is 2. The summed E-state index contributed by atoms with van der Waals surface area (Å²) < 4.78 is 5.31. The molecule has 0 saturated carbocycles. The van der Waals surface area contributed by atoms with E-state index in [9.17, 15) is 19.2 Å². The third-order valence-corrected chi connectivity index (χ3v) is 7.28. The van der Waals surface area contributed by atoms with Crippen LogP contribution in [-0.4, -0.2) is 30.7 Å². The van der Waals surface area contributed by atoms with Crippen molar-refractivity contribution in [2.24, 2.45) is 0 Å². The first-order chi connectivity index (χ1) is 17.7. The topological polar surface area (TPSA) is 84.0 Å². The summed E-state index contributed by atoms with van der Waals surface area (Å²) in [5.74, 6) is -1.36. The van der Waals surface area contributed by atoms with E-state index in [4.69, 9.17) is 4.74 Å². The second-order valence-electron chi connectivity index (χ2n) is 9.39. The Morgan fingerprint density at radius 2 is 0.919 bits per heavy atom. The molecular formula is C30H22N2O5. The molecule has 0 aromatic heterocycles. The van der Waals surface area contributed by atoms with Gasteiger partial charge in [-0.3, -0.25) is 19.2 Å². The third-order valence-electron chi connectivity index (χ3n) is 7.28. The van der Waals surface area contributed by atoms with Crippen LogP contribution in [0.15, 0.2) is 60.7 Å². The first kappa shape index (κ1) is 22.7. The maximum Gasteiger partial charge on any atom is 0.265 e. The molecule has 7 heteroatoms. The molecule has 0 aliphatic carbocycles. The highest BCUT2D eigenvalue weighted by atomic mass is 16.5. The molecule has 0 bridgehead atoms. The standard InChI is InChI=1S/C30H22N2O5/c1-15-5-6-18(13-16(15)2)31-27(33)20-8-10-22-26-23(11-9-21(25(20)26)28(31)34)30(36)32(29(22)35)19-7-12-24(37-4)17(3)14-19/h5-14H,1-4H3. The van der Waals surface area contributed by atoms with Gasteiger partial charge >= 0.3 is 0 Å². The molecule has 0 N–H and O–H groups in total. The van der Waals surface area contributed by atoms with Crippen LogP contribution in [0.5, 0.6) is 5.75 Å². The van der Waals surface area contributed by atoms with Gasteiger partial charge in [-0.15, -0.1) is 0 Å². The lowest BCUT2D eigenvalue weighted by atomic mass is 9.85. The number of carbonyl (C=O) groups is 4. The van der Waals surface area contributed by atoms with E-state index in [1.807, 2.05) is 26.8 Å². The number of hydrogen-bond acceptors (Lipinski definition) is 5. The van der Waals surface area contributed by atoms with Crippen molar-refractivity contribution in [3.05, 3.63) is 99.6 Å². The first-order valence-corrected chi connectivity index (χ1v) is 11.8. The molecule has 4 aromatic rings. The maximum absolute atomic E-state index is 13.6. The number of carbonyl (C=O) groups excluding carboxylic acids is 4. The van der Waals surface area contributed by atoms with Crippen LogP contribution in [0.25, 0.3) is 10.8 Å². The molecule has 182 valence electrons.